The Labute approximate surface area is 190 Å². The minimum absolute atomic E-state index is 0.153. The van der Waals surface area contributed by atoms with Crippen molar-refractivity contribution < 1.29 is 19.1 Å². The number of amides is 3. The maximum Gasteiger partial charge on any atom is 0.262 e. The maximum absolute atomic E-state index is 12.3. The van der Waals surface area contributed by atoms with Gasteiger partial charge in [-0.15, -0.1) is 0 Å². The molecule has 3 aromatic carbocycles. The van der Waals surface area contributed by atoms with Crippen LogP contribution in [0.5, 0.6) is 5.75 Å². The number of benzene rings is 3. The molecule has 3 amide bonds. The number of carbonyl (C=O) groups excluding carboxylic acids is 3. The molecular weight excluding hydrogens is 428 g/mol. The number of rotatable bonds is 7. The van der Waals surface area contributed by atoms with E-state index in [1.165, 1.54) is 4.90 Å². The molecular formula is C25H21ClN2O4. The molecule has 32 heavy (non-hydrogen) atoms. The van der Waals surface area contributed by atoms with Crippen molar-refractivity contribution in [2.75, 3.05) is 11.9 Å². The van der Waals surface area contributed by atoms with Crippen molar-refractivity contribution in [3.63, 3.8) is 0 Å². The smallest absolute Gasteiger partial charge is 0.262 e. The fraction of sp³-hybridized carbons (Fsp3) is 0.160. The summed E-state index contributed by atoms with van der Waals surface area (Å²) < 4.78 is 5.57. The molecule has 0 spiro atoms. The van der Waals surface area contributed by atoms with Crippen LogP contribution in [0.4, 0.5) is 5.69 Å². The van der Waals surface area contributed by atoms with Crippen LogP contribution >= 0.6 is 11.6 Å². The lowest BCUT2D eigenvalue weighted by atomic mass is 10.1. The molecule has 0 aromatic heterocycles. The summed E-state index contributed by atoms with van der Waals surface area (Å²) in [5, 5.41) is 3.18. The molecule has 162 valence electrons. The Morgan fingerprint density at radius 2 is 1.59 bits per heavy atom. The van der Waals surface area contributed by atoms with Crippen molar-refractivity contribution in [1.29, 1.82) is 0 Å². The second kappa shape index (κ2) is 9.66. The van der Waals surface area contributed by atoms with Gasteiger partial charge in [0, 0.05) is 18.5 Å². The quantitative estimate of drug-likeness (QED) is 0.533. The Morgan fingerprint density at radius 3 is 2.25 bits per heavy atom. The third-order valence-electron chi connectivity index (χ3n) is 5.13. The van der Waals surface area contributed by atoms with Crippen molar-refractivity contribution in [2.24, 2.45) is 0 Å². The topological polar surface area (TPSA) is 75.7 Å². The molecule has 0 radical (unpaired) electrons. The van der Waals surface area contributed by atoms with Gasteiger partial charge in [0.05, 0.1) is 11.6 Å². The van der Waals surface area contributed by atoms with Crippen molar-refractivity contribution in [2.45, 2.75) is 19.4 Å². The Hall–Kier alpha value is -3.64. The summed E-state index contributed by atoms with van der Waals surface area (Å²) in [7, 11) is 0. The van der Waals surface area contributed by atoms with E-state index in [-0.39, 0.29) is 43.7 Å². The summed E-state index contributed by atoms with van der Waals surface area (Å²) in [4.78, 5) is 37.0. The van der Waals surface area contributed by atoms with Gasteiger partial charge in [0.25, 0.3) is 5.91 Å². The molecule has 0 aliphatic carbocycles. The first-order valence-corrected chi connectivity index (χ1v) is 10.6. The fourth-order valence-electron chi connectivity index (χ4n) is 3.44. The second-order valence-electron chi connectivity index (χ2n) is 7.42. The van der Waals surface area contributed by atoms with E-state index in [1.54, 1.807) is 36.4 Å². The van der Waals surface area contributed by atoms with Gasteiger partial charge >= 0.3 is 0 Å². The van der Waals surface area contributed by atoms with E-state index in [0.717, 1.165) is 16.7 Å². The average molecular weight is 449 g/mol. The first kappa shape index (κ1) is 21.6. The van der Waals surface area contributed by atoms with E-state index >= 15 is 0 Å². The Balaban J connectivity index is 1.30. The third kappa shape index (κ3) is 5.15. The number of carbonyl (C=O) groups is 3. The molecule has 0 unspecified atom stereocenters. The minimum atomic E-state index is -0.328. The zero-order chi connectivity index (χ0) is 22.5. The minimum Gasteiger partial charge on any atom is -0.482 e. The van der Waals surface area contributed by atoms with E-state index in [9.17, 15) is 14.4 Å². The van der Waals surface area contributed by atoms with E-state index in [1.807, 2.05) is 36.4 Å². The van der Waals surface area contributed by atoms with Gasteiger partial charge < -0.3 is 10.1 Å². The fourth-order valence-corrected chi connectivity index (χ4v) is 3.68. The van der Waals surface area contributed by atoms with Gasteiger partial charge in [-0.05, 0) is 41.0 Å². The van der Waals surface area contributed by atoms with Crippen LogP contribution in [0.3, 0.4) is 0 Å². The van der Waals surface area contributed by atoms with Crippen LogP contribution in [0, 0.1) is 0 Å². The summed E-state index contributed by atoms with van der Waals surface area (Å²) in [6, 6.07) is 22.3. The van der Waals surface area contributed by atoms with Crippen LogP contribution in [0.1, 0.15) is 18.4 Å². The Morgan fingerprint density at radius 1 is 0.906 bits per heavy atom. The number of halogens is 1. The van der Waals surface area contributed by atoms with E-state index in [0.29, 0.717) is 16.5 Å². The highest BCUT2D eigenvalue weighted by Gasteiger charge is 2.28. The molecule has 0 atom stereocenters. The van der Waals surface area contributed by atoms with Crippen LogP contribution in [-0.4, -0.2) is 29.2 Å². The molecule has 7 heteroatoms. The van der Waals surface area contributed by atoms with Crippen molar-refractivity contribution in [3.05, 3.63) is 83.4 Å². The summed E-state index contributed by atoms with van der Waals surface area (Å²) in [6.45, 7) is 0.0510. The largest absolute Gasteiger partial charge is 0.482 e. The zero-order valence-electron chi connectivity index (χ0n) is 17.2. The third-order valence-corrected chi connectivity index (χ3v) is 5.43. The number of hydrogen-bond donors (Lipinski definition) is 1. The average Bonchev–Trinajstić information content (AvgIpc) is 3.12. The van der Waals surface area contributed by atoms with Crippen LogP contribution < -0.4 is 10.1 Å². The number of likely N-dealkylation sites (tertiary alicyclic amines) is 1. The molecule has 1 aliphatic rings. The lowest BCUT2D eigenvalue weighted by Crippen LogP contribution is -2.28. The number of imide groups is 1. The SMILES string of the molecule is O=C(COc1ccc(-c2ccccc2)cc1Cl)Nc1ccc(CN2C(=O)CCC2=O)cc1. The number of nitrogens with one attached hydrogen (secondary N) is 1. The van der Waals surface area contributed by atoms with Crippen LogP contribution in [0.15, 0.2) is 72.8 Å². The lowest BCUT2D eigenvalue weighted by molar-refractivity contribution is -0.139. The van der Waals surface area contributed by atoms with E-state index in [2.05, 4.69) is 5.32 Å². The van der Waals surface area contributed by atoms with Gasteiger partial charge in [-0.2, -0.15) is 0 Å². The zero-order valence-corrected chi connectivity index (χ0v) is 18.0. The monoisotopic (exact) mass is 448 g/mol. The lowest BCUT2D eigenvalue weighted by Gasteiger charge is -2.14. The molecule has 1 fully saturated rings. The molecule has 1 saturated heterocycles. The number of ether oxygens (including phenoxy) is 1. The van der Waals surface area contributed by atoms with Crippen molar-refractivity contribution >= 4 is 35.0 Å². The predicted octanol–water partition coefficient (Wildman–Crippen LogP) is 4.67. The standard InChI is InChI=1S/C25H21ClN2O4/c26-21-14-19(18-4-2-1-3-5-18)8-11-22(21)32-16-23(29)27-20-9-6-17(7-10-20)15-28-24(30)12-13-25(28)31/h1-11,14H,12-13,15-16H2,(H,27,29). The maximum atomic E-state index is 12.3. The number of nitrogens with zero attached hydrogens (tertiary/aromatic N) is 1. The first-order valence-electron chi connectivity index (χ1n) is 10.2. The molecule has 0 bridgehead atoms. The van der Waals surface area contributed by atoms with Gasteiger partial charge in [-0.25, -0.2) is 0 Å². The summed E-state index contributed by atoms with van der Waals surface area (Å²) in [5.74, 6) is -0.206. The van der Waals surface area contributed by atoms with Gasteiger partial charge in [0.15, 0.2) is 6.61 Å². The van der Waals surface area contributed by atoms with Gasteiger partial charge in [0.2, 0.25) is 11.8 Å². The van der Waals surface area contributed by atoms with Crippen LogP contribution in [-0.2, 0) is 20.9 Å². The van der Waals surface area contributed by atoms with Crippen molar-refractivity contribution in [3.8, 4) is 16.9 Å². The molecule has 1 aliphatic heterocycles. The van der Waals surface area contributed by atoms with Crippen LogP contribution in [0.2, 0.25) is 5.02 Å². The molecule has 0 saturated carbocycles. The van der Waals surface area contributed by atoms with Crippen LogP contribution in [0.25, 0.3) is 11.1 Å². The highest BCUT2D eigenvalue weighted by Crippen LogP contribution is 2.30. The van der Waals surface area contributed by atoms with Gasteiger partial charge in [0.1, 0.15) is 5.75 Å². The number of anilines is 1. The molecule has 1 heterocycles. The van der Waals surface area contributed by atoms with E-state index in [4.69, 9.17) is 16.3 Å². The second-order valence-corrected chi connectivity index (χ2v) is 7.83. The highest BCUT2D eigenvalue weighted by atomic mass is 35.5. The predicted molar refractivity (Wildman–Crippen MR) is 122 cm³/mol. The molecule has 6 nitrogen and oxygen atoms in total. The van der Waals surface area contributed by atoms with Crippen molar-refractivity contribution in [1.82, 2.24) is 4.90 Å². The molecule has 3 aromatic rings. The van der Waals surface area contributed by atoms with Gasteiger partial charge in [-0.1, -0.05) is 60.1 Å². The van der Waals surface area contributed by atoms with E-state index < -0.39 is 0 Å². The number of hydrogen-bond acceptors (Lipinski definition) is 4. The highest BCUT2D eigenvalue weighted by molar-refractivity contribution is 6.32. The Bertz CT molecular complexity index is 1130. The first-order chi connectivity index (χ1) is 15.5. The summed E-state index contributed by atoms with van der Waals surface area (Å²) in [6.07, 6.45) is 0.540. The van der Waals surface area contributed by atoms with Gasteiger partial charge in [-0.3, -0.25) is 19.3 Å². The summed E-state index contributed by atoms with van der Waals surface area (Å²) in [5.41, 5.74) is 3.41. The normalized spacial score (nSPS) is 13.3. The summed E-state index contributed by atoms with van der Waals surface area (Å²) >= 11 is 6.32. The molecule has 1 N–H and O–H groups in total. The Kier molecular flexibility index (Phi) is 6.52. The molecule has 4 rings (SSSR count).